The first-order valence-electron chi connectivity index (χ1n) is 4.77. The highest BCUT2D eigenvalue weighted by atomic mass is 15.2. The number of hydrogen-bond acceptors (Lipinski definition) is 4. The molecule has 3 N–H and O–H groups in total. The lowest BCUT2D eigenvalue weighted by Crippen LogP contribution is -2.06. The molecule has 2 aromatic rings. The van der Waals surface area contributed by atoms with Crippen molar-refractivity contribution in [1.29, 1.82) is 0 Å². The Morgan fingerprint density at radius 1 is 1.47 bits per heavy atom. The summed E-state index contributed by atoms with van der Waals surface area (Å²) < 4.78 is 0. The molecule has 0 aliphatic heterocycles. The number of H-pyrrole nitrogens is 1. The Labute approximate surface area is 87.8 Å². The van der Waals surface area contributed by atoms with Crippen molar-refractivity contribution in [3.05, 3.63) is 29.7 Å². The van der Waals surface area contributed by atoms with Gasteiger partial charge in [-0.25, -0.2) is 4.98 Å². The molecule has 0 radical (unpaired) electrons. The number of rotatable bonds is 2. The number of aromatic amines is 1. The van der Waals surface area contributed by atoms with E-state index in [9.17, 15) is 0 Å². The highest BCUT2D eigenvalue weighted by Crippen LogP contribution is 2.14. The number of aromatic nitrogens is 4. The van der Waals surface area contributed by atoms with Crippen LogP contribution in [0.3, 0.4) is 0 Å². The molecule has 0 aliphatic carbocycles. The molecule has 5 heteroatoms. The van der Waals surface area contributed by atoms with Crippen LogP contribution in [0.2, 0.25) is 0 Å². The van der Waals surface area contributed by atoms with Crippen LogP contribution in [0.15, 0.2) is 18.3 Å². The van der Waals surface area contributed by atoms with Gasteiger partial charge in [0.15, 0.2) is 5.82 Å². The van der Waals surface area contributed by atoms with Crippen molar-refractivity contribution in [2.45, 2.75) is 19.9 Å². The van der Waals surface area contributed by atoms with Crippen LogP contribution in [0.25, 0.3) is 11.5 Å². The van der Waals surface area contributed by atoms with Gasteiger partial charge in [-0.15, -0.1) is 0 Å². The molecule has 2 heterocycles. The first-order chi connectivity index (χ1) is 7.16. The predicted octanol–water partition coefficient (Wildman–Crippen LogP) is 1.19. The van der Waals surface area contributed by atoms with Crippen molar-refractivity contribution in [2.75, 3.05) is 0 Å². The second kappa shape index (κ2) is 3.78. The van der Waals surface area contributed by atoms with Crippen molar-refractivity contribution in [1.82, 2.24) is 20.2 Å². The largest absolute Gasteiger partial charge is 0.322 e. The fourth-order valence-electron chi connectivity index (χ4n) is 1.25. The molecule has 0 bridgehead atoms. The Kier molecular flexibility index (Phi) is 2.47. The molecule has 0 spiro atoms. The molecule has 5 nitrogen and oxygen atoms in total. The minimum absolute atomic E-state index is 0.143. The van der Waals surface area contributed by atoms with E-state index in [1.54, 1.807) is 6.20 Å². The number of hydrogen-bond donors (Lipinski definition) is 2. The van der Waals surface area contributed by atoms with Gasteiger partial charge in [-0.05, 0) is 31.5 Å². The van der Waals surface area contributed by atoms with E-state index in [2.05, 4.69) is 20.2 Å². The third kappa shape index (κ3) is 2.02. The molecule has 0 amide bonds. The maximum Gasteiger partial charge on any atom is 0.199 e. The number of aryl methyl sites for hydroxylation is 1. The molecule has 0 aliphatic rings. The van der Waals surface area contributed by atoms with Gasteiger partial charge in [-0.1, -0.05) is 0 Å². The molecule has 2 aromatic heterocycles. The summed E-state index contributed by atoms with van der Waals surface area (Å²) in [6.45, 7) is 3.86. The third-order valence-corrected chi connectivity index (χ3v) is 2.08. The maximum absolute atomic E-state index is 5.68. The smallest absolute Gasteiger partial charge is 0.199 e. The summed E-state index contributed by atoms with van der Waals surface area (Å²) in [6.07, 6.45) is 1.74. The lowest BCUT2D eigenvalue weighted by Gasteiger charge is -1.97. The molecule has 1 atom stereocenters. The van der Waals surface area contributed by atoms with Crippen molar-refractivity contribution >= 4 is 0 Å². The average Bonchev–Trinajstić information content (AvgIpc) is 2.66. The van der Waals surface area contributed by atoms with Crippen LogP contribution in [-0.4, -0.2) is 20.2 Å². The molecule has 0 saturated carbocycles. The fourth-order valence-corrected chi connectivity index (χ4v) is 1.25. The summed E-state index contributed by atoms with van der Waals surface area (Å²) >= 11 is 0. The van der Waals surface area contributed by atoms with Crippen LogP contribution in [-0.2, 0) is 0 Å². The standard InChI is InChI=1S/C10H13N5/c1-6-3-4-12-8(5-6)10-13-9(7(2)11)14-15-10/h3-5,7H,11H2,1-2H3,(H,13,14,15)/t7-/m1/s1. The normalized spacial score (nSPS) is 12.7. The number of nitrogens with one attached hydrogen (secondary N) is 1. The molecule has 78 valence electrons. The fraction of sp³-hybridized carbons (Fsp3) is 0.300. The molecule has 15 heavy (non-hydrogen) atoms. The second-order valence-corrected chi connectivity index (χ2v) is 3.55. The van der Waals surface area contributed by atoms with E-state index in [1.807, 2.05) is 26.0 Å². The molecular formula is C10H13N5. The van der Waals surface area contributed by atoms with E-state index in [0.29, 0.717) is 11.6 Å². The lowest BCUT2D eigenvalue weighted by molar-refractivity contribution is 0.745. The minimum atomic E-state index is -0.143. The summed E-state index contributed by atoms with van der Waals surface area (Å²) in [4.78, 5) is 8.46. The number of nitrogens with two attached hydrogens (primary N) is 1. The first-order valence-corrected chi connectivity index (χ1v) is 4.77. The van der Waals surface area contributed by atoms with Crippen molar-refractivity contribution in [3.8, 4) is 11.5 Å². The average molecular weight is 203 g/mol. The Morgan fingerprint density at radius 2 is 2.27 bits per heavy atom. The van der Waals surface area contributed by atoms with Crippen LogP contribution in [0.4, 0.5) is 0 Å². The first kappa shape index (κ1) is 9.79. The molecule has 0 aromatic carbocycles. The number of nitrogens with zero attached hydrogens (tertiary/aromatic N) is 3. The van der Waals surface area contributed by atoms with Gasteiger partial charge in [0.05, 0.1) is 6.04 Å². The van der Waals surface area contributed by atoms with Gasteiger partial charge in [0, 0.05) is 6.20 Å². The van der Waals surface area contributed by atoms with Gasteiger partial charge >= 0.3 is 0 Å². The predicted molar refractivity (Wildman–Crippen MR) is 57.0 cm³/mol. The molecule has 2 rings (SSSR count). The Bertz CT molecular complexity index is 460. The highest BCUT2D eigenvalue weighted by molar-refractivity contribution is 5.49. The topological polar surface area (TPSA) is 80.5 Å². The SMILES string of the molecule is Cc1ccnc(-c2n[nH]c([C@@H](C)N)n2)c1. The quantitative estimate of drug-likeness (QED) is 0.768. The van der Waals surface area contributed by atoms with Gasteiger partial charge in [-0.3, -0.25) is 10.1 Å². The second-order valence-electron chi connectivity index (χ2n) is 3.55. The summed E-state index contributed by atoms with van der Waals surface area (Å²) in [5.41, 5.74) is 7.57. The van der Waals surface area contributed by atoms with E-state index in [-0.39, 0.29) is 6.04 Å². The molecule has 0 fully saturated rings. The van der Waals surface area contributed by atoms with E-state index in [0.717, 1.165) is 11.3 Å². The Morgan fingerprint density at radius 3 is 2.87 bits per heavy atom. The Hall–Kier alpha value is -1.75. The summed E-state index contributed by atoms with van der Waals surface area (Å²) in [5.74, 6) is 1.26. The number of pyridine rings is 1. The van der Waals surface area contributed by atoms with E-state index in [4.69, 9.17) is 5.73 Å². The van der Waals surface area contributed by atoms with Gasteiger partial charge in [0.25, 0.3) is 0 Å². The van der Waals surface area contributed by atoms with Crippen LogP contribution in [0.5, 0.6) is 0 Å². The third-order valence-electron chi connectivity index (χ3n) is 2.08. The maximum atomic E-state index is 5.68. The van der Waals surface area contributed by atoms with Gasteiger partial charge < -0.3 is 5.73 Å². The van der Waals surface area contributed by atoms with Crippen LogP contribution in [0.1, 0.15) is 24.4 Å². The summed E-state index contributed by atoms with van der Waals surface area (Å²) in [7, 11) is 0. The molecule has 0 saturated heterocycles. The van der Waals surface area contributed by atoms with Crippen LogP contribution < -0.4 is 5.73 Å². The molecular weight excluding hydrogens is 190 g/mol. The summed E-state index contributed by atoms with van der Waals surface area (Å²) in [6, 6.07) is 3.73. The lowest BCUT2D eigenvalue weighted by atomic mass is 10.2. The van der Waals surface area contributed by atoms with Crippen LogP contribution in [0, 0.1) is 6.92 Å². The summed E-state index contributed by atoms with van der Waals surface area (Å²) in [5, 5.41) is 6.87. The van der Waals surface area contributed by atoms with E-state index in [1.165, 1.54) is 0 Å². The van der Waals surface area contributed by atoms with Gasteiger partial charge in [0.2, 0.25) is 0 Å². The zero-order valence-corrected chi connectivity index (χ0v) is 8.73. The van der Waals surface area contributed by atoms with Gasteiger partial charge in [0.1, 0.15) is 11.5 Å². The molecule has 0 unspecified atom stereocenters. The van der Waals surface area contributed by atoms with E-state index < -0.39 is 0 Å². The van der Waals surface area contributed by atoms with Crippen LogP contribution >= 0.6 is 0 Å². The Balaban J connectivity index is 2.37. The zero-order valence-electron chi connectivity index (χ0n) is 8.73. The minimum Gasteiger partial charge on any atom is -0.322 e. The van der Waals surface area contributed by atoms with Crippen molar-refractivity contribution in [3.63, 3.8) is 0 Å². The van der Waals surface area contributed by atoms with Crippen molar-refractivity contribution in [2.24, 2.45) is 5.73 Å². The van der Waals surface area contributed by atoms with Crippen molar-refractivity contribution < 1.29 is 0 Å². The van der Waals surface area contributed by atoms with E-state index >= 15 is 0 Å². The van der Waals surface area contributed by atoms with Gasteiger partial charge in [-0.2, -0.15) is 5.10 Å². The zero-order chi connectivity index (χ0) is 10.8. The highest BCUT2D eigenvalue weighted by Gasteiger charge is 2.09. The monoisotopic (exact) mass is 203 g/mol.